The van der Waals surface area contributed by atoms with Crippen LogP contribution in [0.4, 0.5) is 0 Å². The van der Waals surface area contributed by atoms with Crippen molar-refractivity contribution in [1.82, 2.24) is 10.2 Å². The third-order valence-corrected chi connectivity index (χ3v) is 3.00. The molecule has 0 fully saturated rings. The van der Waals surface area contributed by atoms with Gasteiger partial charge in [0.15, 0.2) is 6.61 Å². The molecule has 4 nitrogen and oxygen atoms in total. The van der Waals surface area contributed by atoms with Crippen LogP contribution in [0.15, 0.2) is 22.6 Å². The Hall–Kier alpha value is -1.84. The highest BCUT2D eigenvalue weighted by Crippen LogP contribution is 2.26. The maximum absolute atomic E-state index is 5.63. The van der Waals surface area contributed by atoms with Gasteiger partial charge in [0.1, 0.15) is 5.75 Å². The van der Waals surface area contributed by atoms with Gasteiger partial charge in [0.25, 0.3) is 5.89 Å². The summed E-state index contributed by atoms with van der Waals surface area (Å²) in [4.78, 5) is 0. The van der Waals surface area contributed by atoms with Crippen molar-refractivity contribution in [2.75, 3.05) is 0 Å². The number of fused-ring (bicyclic) bond motifs is 1. The molecule has 1 aliphatic rings. The number of hydrogen-bond donors (Lipinski definition) is 0. The molecule has 4 heteroatoms. The van der Waals surface area contributed by atoms with Crippen molar-refractivity contribution in [1.29, 1.82) is 0 Å². The van der Waals surface area contributed by atoms with Crippen molar-refractivity contribution < 1.29 is 9.15 Å². The molecule has 3 rings (SSSR count). The van der Waals surface area contributed by atoms with Crippen molar-refractivity contribution in [2.24, 2.45) is 0 Å². The Morgan fingerprint density at radius 2 is 2.12 bits per heavy atom. The van der Waals surface area contributed by atoms with E-state index in [9.17, 15) is 0 Å². The van der Waals surface area contributed by atoms with Crippen LogP contribution in [-0.4, -0.2) is 10.2 Å². The average Bonchev–Trinajstić information content (AvgIpc) is 2.94. The predicted octanol–water partition coefficient (Wildman–Crippen LogP) is 2.45. The van der Waals surface area contributed by atoms with Crippen LogP contribution in [0, 0.1) is 6.92 Å². The Labute approximate surface area is 99.6 Å². The Bertz CT molecular complexity index is 534. The molecule has 1 aliphatic carbocycles. The summed E-state index contributed by atoms with van der Waals surface area (Å²) >= 11 is 0. The summed E-state index contributed by atoms with van der Waals surface area (Å²) in [5.74, 6) is 1.96. The van der Waals surface area contributed by atoms with Gasteiger partial charge in [-0.15, -0.1) is 10.2 Å². The number of benzene rings is 1. The van der Waals surface area contributed by atoms with E-state index in [1.54, 1.807) is 6.92 Å². The van der Waals surface area contributed by atoms with Gasteiger partial charge in [-0.3, -0.25) is 0 Å². The molecule has 0 amide bonds. The van der Waals surface area contributed by atoms with Gasteiger partial charge in [0, 0.05) is 6.92 Å². The Morgan fingerprint density at radius 3 is 2.94 bits per heavy atom. The normalized spacial score (nSPS) is 13.7. The first kappa shape index (κ1) is 10.3. The molecule has 88 valence electrons. The van der Waals surface area contributed by atoms with Gasteiger partial charge in [-0.2, -0.15) is 0 Å². The monoisotopic (exact) mass is 230 g/mol. The van der Waals surface area contributed by atoms with Gasteiger partial charge in [-0.25, -0.2) is 0 Å². The number of nitrogens with zero attached hydrogens (tertiary/aromatic N) is 2. The highest BCUT2D eigenvalue weighted by atomic mass is 16.5. The van der Waals surface area contributed by atoms with Crippen LogP contribution in [0.25, 0.3) is 0 Å². The molecular formula is C13H14N2O2. The van der Waals surface area contributed by atoms with Crippen molar-refractivity contribution in [3.8, 4) is 5.75 Å². The smallest absolute Gasteiger partial charge is 0.253 e. The second-order valence-electron chi connectivity index (χ2n) is 4.29. The average molecular weight is 230 g/mol. The van der Waals surface area contributed by atoms with E-state index in [1.807, 2.05) is 6.07 Å². The van der Waals surface area contributed by atoms with Gasteiger partial charge in [-0.1, -0.05) is 6.07 Å². The highest BCUT2D eigenvalue weighted by molar-refractivity contribution is 5.38. The van der Waals surface area contributed by atoms with Crippen LogP contribution in [-0.2, 0) is 19.4 Å². The van der Waals surface area contributed by atoms with Gasteiger partial charge in [0.2, 0.25) is 5.89 Å². The maximum Gasteiger partial charge on any atom is 0.253 e. The number of ether oxygens (including phenoxy) is 1. The molecule has 0 bridgehead atoms. The van der Waals surface area contributed by atoms with Gasteiger partial charge in [-0.05, 0) is 42.5 Å². The molecule has 1 aromatic carbocycles. The number of aromatic nitrogens is 2. The van der Waals surface area contributed by atoms with Gasteiger partial charge >= 0.3 is 0 Å². The summed E-state index contributed by atoms with van der Waals surface area (Å²) in [5, 5.41) is 7.65. The van der Waals surface area contributed by atoms with E-state index in [0.717, 1.165) is 12.2 Å². The molecule has 0 saturated heterocycles. The lowest BCUT2D eigenvalue weighted by Gasteiger charge is -2.05. The molecule has 0 spiro atoms. The van der Waals surface area contributed by atoms with Crippen molar-refractivity contribution >= 4 is 0 Å². The third-order valence-electron chi connectivity index (χ3n) is 3.00. The van der Waals surface area contributed by atoms with Crippen LogP contribution in [0.5, 0.6) is 5.75 Å². The molecule has 0 aliphatic heterocycles. The van der Waals surface area contributed by atoms with E-state index in [4.69, 9.17) is 9.15 Å². The number of aryl methyl sites for hydroxylation is 3. The van der Waals surface area contributed by atoms with Crippen LogP contribution in [0.1, 0.15) is 29.3 Å². The fourth-order valence-corrected chi connectivity index (χ4v) is 2.18. The fourth-order valence-electron chi connectivity index (χ4n) is 2.18. The molecule has 0 unspecified atom stereocenters. The zero-order chi connectivity index (χ0) is 11.7. The topological polar surface area (TPSA) is 48.2 Å². The van der Waals surface area contributed by atoms with Gasteiger partial charge < -0.3 is 9.15 Å². The predicted molar refractivity (Wildman–Crippen MR) is 61.8 cm³/mol. The number of hydrogen-bond acceptors (Lipinski definition) is 4. The van der Waals surface area contributed by atoms with Crippen molar-refractivity contribution in [3.05, 3.63) is 41.1 Å². The Kier molecular flexibility index (Phi) is 2.55. The summed E-state index contributed by atoms with van der Waals surface area (Å²) in [6.07, 6.45) is 3.60. The number of rotatable bonds is 3. The molecule has 2 aromatic rings. The van der Waals surface area contributed by atoms with Crippen LogP contribution >= 0.6 is 0 Å². The van der Waals surface area contributed by atoms with Crippen LogP contribution in [0.3, 0.4) is 0 Å². The van der Waals surface area contributed by atoms with E-state index < -0.39 is 0 Å². The first-order chi connectivity index (χ1) is 8.31. The van der Waals surface area contributed by atoms with E-state index in [2.05, 4.69) is 22.3 Å². The molecule has 0 saturated carbocycles. The van der Waals surface area contributed by atoms with E-state index in [1.165, 1.54) is 24.0 Å². The highest BCUT2D eigenvalue weighted by Gasteiger charge is 2.11. The molecule has 0 atom stereocenters. The standard InChI is InChI=1S/C13H14N2O2/c1-9-14-15-13(17-9)8-16-12-6-5-10-3-2-4-11(10)7-12/h5-7H,2-4,8H2,1H3. The maximum atomic E-state index is 5.63. The lowest BCUT2D eigenvalue weighted by molar-refractivity contribution is 0.260. The van der Waals surface area contributed by atoms with Gasteiger partial charge in [0.05, 0.1) is 0 Å². The van der Waals surface area contributed by atoms with Crippen molar-refractivity contribution in [2.45, 2.75) is 32.8 Å². The van der Waals surface area contributed by atoms with E-state index in [0.29, 0.717) is 18.4 Å². The van der Waals surface area contributed by atoms with Crippen LogP contribution < -0.4 is 4.74 Å². The summed E-state index contributed by atoms with van der Waals surface area (Å²) in [6, 6.07) is 6.27. The quantitative estimate of drug-likeness (QED) is 0.812. The van der Waals surface area contributed by atoms with Crippen molar-refractivity contribution in [3.63, 3.8) is 0 Å². The third kappa shape index (κ3) is 2.16. The summed E-state index contributed by atoms with van der Waals surface area (Å²) < 4.78 is 10.9. The molecular weight excluding hydrogens is 216 g/mol. The zero-order valence-corrected chi connectivity index (χ0v) is 9.77. The Balaban J connectivity index is 1.69. The molecule has 1 heterocycles. The minimum absolute atomic E-state index is 0.333. The first-order valence-electron chi connectivity index (χ1n) is 5.85. The van der Waals surface area contributed by atoms with Crippen LogP contribution in [0.2, 0.25) is 0 Å². The SMILES string of the molecule is Cc1nnc(COc2ccc3c(c2)CCC3)o1. The van der Waals surface area contributed by atoms with E-state index in [-0.39, 0.29) is 0 Å². The molecule has 1 aromatic heterocycles. The summed E-state index contributed by atoms with van der Waals surface area (Å²) in [5.41, 5.74) is 2.86. The molecule has 0 radical (unpaired) electrons. The summed E-state index contributed by atoms with van der Waals surface area (Å²) in [6.45, 7) is 2.10. The second-order valence-corrected chi connectivity index (χ2v) is 4.29. The lowest BCUT2D eigenvalue weighted by Crippen LogP contribution is -1.96. The molecule has 0 N–H and O–H groups in total. The largest absolute Gasteiger partial charge is 0.484 e. The second kappa shape index (κ2) is 4.20. The first-order valence-corrected chi connectivity index (χ1v) is 5.85. The minimum Gasteiger partial charge on any atom is -0.484 e. The fraction of sp³-hybridized carbons (Fsp3) is 0.385. The zero-order valence-electron chi connectivity index (χ0n) is 9.77. The minimum atomic E-state index is 0.333. The summed E-state index contributed by atoms with van der Waals surface area (Å²) in [7, 11) is 0. The Morgan fingerprint density at radius 1 is 1.24 bits per heavy atom. The van der Waals surface area contributed by atoms with E-state index >= 15 is 0 Å². The molecule has 17 heavy (non-hydrogen) atoms. The lowest BCUT2D eigenvalue weighted by atomic mass is 10.1.